The summed E-state index contributed by atoms with van der Waals surface area (Å²) in [6.45, 7) is 6.81. The van der Waals surface area contributed by atoms with E-state index >= 15 is 0 Å². The summed E-state index contributed by atoms with van der Waals surface area (Å²) in [7, 11) is 1.58. The van der Waals surface area contributed by atoms with Crippen LogP contribution < -0.4 is 5.32 Å². The second-order valence-corrected chi connectivity index (χ2v) is 7.08. The van der Waals surface area contributed by atoms with Gasteiger partial charge in [0.1, 0.15) is 0 Å². The Balaban J connectivity index is 2.04. The molecule has 1 aliphatic heterocycles. The lowest BCUT2D eigenvalue weighted by atomic mass is 9.69. The van der Waals surface area contributed by atoms with E-state index in [1.807, 2.05) is 0 Å². The van der Waals surface area contributed by atoms with Crippen LogP contribution in [0.3, 0.4) is 0 Å². The van der Waals surface area contributed by atoms with Crippen LogP contribution in [-0.2, 0) is 9.59 Å². The standard InChI is InChI=1S/C15H26N2O2/c1-15(2,3)10-7-5-6-8-11(10)16-12-9-13(18)17(4)14(12)19/h10-12,16H,5-9H2,1-4H3. The predicted molar refractivity (Wildman–Crippen MR) is 74.5 cm³/mol. The molecule has 1 saturated heterocycles. The molecule has 4 heteroatoms. The van der Waals surface area contributed by atoms with E-state index in [4.69, 9.17) is 0 Å². The van der Waals surface area contributed by atoms with Crippen molar-refractivity contribution in [2.45, 2.75) is 65.0 Å². The Morgan fingerprint density at radius 1 is 1.16 bits per heavy atom. The van der Waals surface area contributed by atoms with Gasteiger partial charge in [-0.15, -0.1) is 0 Å². The van der Waals surface area contributed by atoms with Gasteiger partial charge in [-0.2, -0.15) is 0 Å². The first-order chi connectivity index (χ1) is 8.80. The lowest BCUT2D eigenvalue weighted by molar-refractivity contribution is -0.137. The van der Waals surface area contributed by atoms with Crippen LogP contribution in [0.2, 0.25) is 0 Å². The van der Waals surface area contributed by atoms with Gasteiger partial charge in [-0.25, -0.2) is 0 Å². The van der Waals surface area contributed by atoms with Crippen molar-refractivity contribution in [2.75, 3.05) is 7.05 Å². The van der Waals surface area contributed by atoms with Crippen LogP contribution in [0.5, 0.6) is 0 Å². The smallest absolute Gasteiger partial charge is 0.246 e. The second kappa shape index (κ2) is 5.23. The molecule has 1 saturated carbocycles. The van der Waals surface area contributed by atoms with Crippen LogP contribution in [0, 0.1) is 11.3 Å². The third-order valence-electron chi connectivity index (χ3n) is 4.68. The normalized spacial score (nSPS) is 33.1. The molecule has 3 atom stereocenters. The van der Waals surface area contributed by atoms with Crippen molar-refractivity contribution in [1.82, 2.24) is 10.2 Å². The number of nitrogens with one attached hydrogen (secondary N) is 1. The number of nitrogens with zero attached hydrogens (tertiary/aromatic N) is 1. The molecule has 2 amide bonds. The summed E-state index contributed by atoms with van der Waals surface area (Å²) in [5, 5.41) is 3.47. The Morgan fingerprint density at radius 3 is 2.32 bits per heavy atom. The Kier molecular flexibility index (Phi) is 4.00. The van der Waals surface area contributed by atoms with Crippen molar-refractivity contribution >= 4 is 11.8 Å². The third kappa shape index (κ3) is 2.99. The average molecular weight is 266 g/mol. The highest BCUT2D eigenvalue weighted by atomic mass is 16.2. The quantitative estimate of drug-likeness (QED) is 0.777. The SMILES string of the molecule is CN1C(=O)CC(NC2CCCCC2C(C)(C)C)C1=O. The molecule has 0 spiro atoms. The molecule has 19 heavy (non-hydrogen) atoms. The maximum absolute atomic E-state index is 12.0. The number of imide groups is 1. The summed E-state index contributed by atoms with van der Waals surface area (Å²) >= 11 is 0. The first kappa shape index (κ1) is 14.5. The van der Waals surface area contributed by atoms with Gasteiger partial charge in [-0.1, -0.05) is 33.6 Å². The molecule has 0 aromatic carbocycles. The van der Waals surface area contributed by atoms with Crippen molar-refractivity contribution in [3.8, 4) is 0 Å². The first-order valence-corrected chi connectivity index (χ1v) is 7.37. The van der Waals surface area contributed by atoms with E-state index in [0.29, 0.717) is 18.4 Å². The molecule has 3 unspecified atom stereocenters. The molecule has 1 aliphatic carbocycles. The zero-order chi connectivity index (χ0) is 14.2. The van der Waals surface area contributed by atoms with Crippen LogP contribution in [0.4, 0.5) is 0 Å². The second-order valence-electron chi connectivity index (χ2n) is 7.08. The zero-order valence-corrected chi connectivity index (χ0v) is 12.5. The fourth-order valence-corrected chi connectivity index (χ4v) is 3.51. The maximum Gasteiger partial charge on any atom is 0.246 e. The molecular weight excluding hydrogens is 240 g/mol. The number of hydrogen-bond donors (Lipinski definition) is 1. The van der Waals surface area contributed by atoms with E-state index in [1.54, 1.807) is 7.05 Å². The minimum Gasteiger partial charge on any atom is -0.302 e. The van der Waals surface area contributed by atoms with Crippen molar-refractivity contribution in [2.24, 2.45) is 11.3 Å². The van der Waals surface area contributed by atoms with E-state index in [9.17, 15) is 9.59 Å². The first-order valence-electron chi connectivity index (χ1n) is 7.37. The van der Waals surface area contributed by atoms with E-state index in [1.165, 1.54) is 24.2 Å². The highest BCUT2D eigenvalue weighted by Crippen LogP contribution is 2.38. The van der Waals surface area contributed by atoms with Gasteiger partial charge < -0.3 is 5.32 Å². The summed E-state index contributed by atoms with van der Waals surface area (Å²) in [6.07, 6.45) is 5.14. The lowest BCUT2D eigenvalue weighted by Crippen LogP contribution is -2.50. The zero-order valence-electron chi connectivity index (χ0n) is 12.5. The van der Waals surface area contributed by atoms with Gasteiger partial charge in [-0.3, -0.25) is 14.5 Å². The van der Waals surface area contributed by atoms with Crippen LogP contribution in [0.15, 0.2) is 0 Å². The molecule has 2 rings (SSSR count). The Hall–Kier alpha value is -0.900. The van der Waals surface area contributed by atoms with Gasteiger partial charge >= 0.3 is 0 Å². The molecule has 4 nitrogen and oxygen atoms in total. The minimum absolute atomic E-state index is 0.0642. The van der Waals surface area contributed by atoms with Crippen LogP contribution in [0.1, 0.15) is 52.9 Å². The fraction of sp³-hybridized carbons (Fsp3) is 0.867. The Bertz CT molecular complexity index is 373. The summed E-state index contributed by atoms with van der Waals surface area (Å²) in [5.74, 6) is 0.448. The number of carbonyl (C=O) groups excluding carboxylic acids is 2. The van der Waals surface area contributed by atoms with Gasteiger partial charge in [0.05, 0.1) is 12.5 Å². The number of likely N-dealkylation sites (N-methyl/N-ethyl adjacent to an activating group) is 1. The number of hydrogen-bond acceptors (Lipinski definition) is 3. The Labute approximate surface area is 115 Å². The molecular formula is C15H26N2O2. The molecule has 0 radical (unpaired) electrons. The number of carbonyl (C=O) groups is 2. The minimum atomic E-state index is -0.301. The van der Waals surface area contributed by atoms with Crippen molar-refractivity contribution in [1.29, 1.82) is 0 Å². The fourth-order valence-electron chi connectivity index (χ4n) is 3.51. The van der Waals surface area contributed by atoms with Crippen LogP contribution in [0.25, 0.3) is 0 Å². The number of amides is 2. The highest BCUT2D eigenvalue weighted by molar-refractivity contribution is 6.05. The molecule has 0 aromatic heterocycles. The molecule has 0 aromatic rings. The van der Waals surface area contributed by atoms with Crippen molar-refractivity contribution in [3.63, 3.8) is 0 Å². The summed E-state index contributed by atoms with van der Waals surface area (Å²) in [6, 6.07) is 0.0625. The maximum atomic E-state index is 12.0. The molecule has 1 N–H and O–H groups in total. The molecule has 0 bridgehead atoms. The van der Waals surface area contributed by atoms with Gasteiger partial charge in [0, 0.05) is 13.1 Å². The molecule has 1 heterocycles. The molecule has 2 fully saturated rings. The topological polar surface area (TPSA) is 49.4 Å². The van der Waals surface area contributed by atoms with E-state index in [2.05, 4.69) is 26.1 Å². The van der Waals surface area contributed by atoms with Crippen molar-refractivity contribution in [3.05, 3.63) is 0 Å². The summed E-state index contributed by atoms with van der Waals surface area (Å²) in [4.78, 5) is 24.8. The molecule has 108 valence electrons. The summed E-state index contributed by atoms with van der Waals surface area (Å²) < 4.78 is 0. The van der Waals surface area contributed by atoms with Gasteiger partial charge in [0.2, 0.25) is 11.8 Å². The van der Waals surface area contributed by atoms with Crippen molar-refractivity contribution < 1.29 is 9.59 Å². The van der Waals surface area contributed by atoms with Gasteiger partial charge in [0.15, 0.2) is 0 Å². The van der Waals surface area contributed by atoms with Crippen LogP contribution in [-0.4, -0.2) is 35.8 Å². The largest absolute Gasteiger partial charge is 0.302 e. The molecule has 2 aliphatic rings. The third-order valence-corrected chi connectivity index (χ3v) is 4.68. The number of rotatable bonds is 2. The van der Waals surface area contributed by atoms with Gasteiger partial charge in [-0.05, 0) is 24.2 Å². The highest BCUT2D eigenvalue weighted by Gasteiger charge is 2.41. The number of likely N-dealkylation sites (tertiary alicyclic amines) is 1. The Morgan fingerprint density at radius 2 is 1.79 bits per heavy atom. The van der Waals surface area contributed by atoms with E-state index in [-0.39, 0.29) is 23.3 Å². The van der Waals surface area contributed by atoms with E-state index in [0.717, 1.165) is 6.42 Å². The van der Waals surface area contributed by atoms with E-state index < -0.39 is 0 Å². The predicted octanol–water partition coefficient (Wildman–Crippen LogP) is 1.94. The monoisotopic (exact) mass is 266 g/mol. The lowest BCUT2D eigenvalue weighted by Gasteiger charge is -2.41. The van der Waals surface area contributed by atoms with Gasteiger partial charge in [0.25, 0.3) is 0 Å². The van der Waals surface area contributed by atoms with Crippen LogP contribution >= 0.6 is 0 Å². The summed E-state index contributed by atoms with van der Waals surface area (Å²) in [5.41, 5.74) is 0.246. The average Bonchev–Trinajstić information content (AvgIpc) is 2.56.